The maximum Gasteiger partial charge on any atom is 0.303 e. The fraction of sp³-hybridized carbons (Fsp3) is 0.421. The standard InChI is InChI=1S/C19H25N3O3/c1-12-6-7-13(2)16(10-12)22-14(3)15(11-20-22)18(25)21-19(4,5)9-8-17(23)24/h6-7,10-11H,8-9H2,1-5H3,(H,21,25)(H,23,24). The van der Waals surface area contributed by atoms with Crippen LogP contribution < -0.4 is 5.32 Å². The zero-order valence-corrected chi connectivity index (χ0v) is 15.4. The van der Waals surface area contributed by atoms with Gasteiger partial charge in [-0.3, -0.25) is 9.59 Å². The van der Waals surface area contributed by atoms with Crippen molar-refractivity contribution in [2.45, 2.75) is 53.0 Å². The summed E-state index contributed by atoms with van der Waals surface area (Å²) in [7, 11) is 0. The van der Waals surface area contributed by atoms with Crippen molar-refractivity contribution in [3.63, 3.8) is 0 Å². The molecule has 0 aliphatic rings. The van der Waals surface area contributed by atoms with Gasteiger partial charge in [0.25, 0.3) is 5.91 Å². The minimum atomic E-state index is -0.874. The maximum atomic E-state index is 12.6. The van der Waals surface area contributed by atoms with Crippen molar-refractivity contribution in [3.05, 3.63) is 46.8 Å². The quantitative estimate of drug-likeness (QED) is 0.844. The van der Waals surface area contributed by atoms with Gasteiger partial charge >= 0.3 is 5.97 Å². The molecular formula is C19H25N3O3. The third-order valence-electron chi connectivity index (χ3n) is 4.26. The summed E-state index contributed by atoms with van der Waals surface area (Å²) < 4.78 is 1.77. The van der Waals surface area contributed by atoms with Gasteiger partial charge in [-0.05, 0) is 58.2 Å². The number of hydrogen-bond acceptors (Lipinski definition) is 3. The molecule has 0 spiro atoms. The normalized spacial score (nSPS) is 11.4. The van der Waals surface area contributed by atoms with Crippen molar-refractivity contribution in [3.8, 4) is 5.69 Å². The Bertz CT molecular complexity index is 806. The number of hydrogen-bond donors (Lipinski definition) is 2. The average Bonchev–Trinajstić information content (AvgIpc) is 2.89. The van der Waals surface area contributed by atoms with E-state index in [4.69, 9.17) is 5.11 Å². The third kappa shape index (κ3) is 4.47. The molecule has 2 aromatic rings. The molecule has 1 heterocycles. The zero-order valence-electron chi connectivity index (χ0n) is 15.4. The van der Waals surface area contributed by atoms with Crippen LogP contribution in [0.25, 0.3) is 5.69 Å². The van der Waals surface area contributed by atoms with E-state index in [0.717, 1.165) is 22.5 Å². The lowest BCUT2D eigenvalue weighted by molar-refractivity contribution is -0.137. The van der Waals surface area contributed by atoms with Gasteiger partial charge in [0.15, 0.2) is 0 Å². The predicted molar refractivity (Wildman–Crippen MR) is 96.2 cm³/mol. The monoisotopic (exact) mass is 343 g/mol. The van der Waals surface area contributed by atoms with Gasteiger partial charge in [-0.2, -0.15) is 5.10 Å². The fourth-order valence-corrected chi connectivity index (χ4v) is 2.68. The first-order chi connectivity index (χ1) is 11.6. The number of amides is 1. The number of carboxylic acid groups (broad SMARTS) is 1. The van der Waals surface area contributed by atoms with Crippen LogP contribution in [0.5, 0.6) is 0 Å². The second-order valence-corrected chi connectivity index (χ2v) is 7.08. The minimum Gasteiger partial charge on any atom is -0.481 e. The number of nitrogens with zero attached hydrogens (tertiary/aromatic N) is 2. The van der Waals surface area contributed by atoms with E-state index in [1.54, 1.807) is 10.9 Å². The summed E-state index contributed by atoms with van der Waals surface area (Å²) in [6.45, 7) is 9.51. The van der Waals surface area contributed by atoms with E-state index in [1.807, 2.05) is 52.8 Å². The van der Waals surface area contributed by atoms with Gasteiger partial charge in [0.1, 0.15) is 0 Å². The lowest BCUT2D eigenvalue weighted by atomic mass is 9.98. The molecule has 6 heteroatoms. The van der Waals surface area contributed by atoms with Crippen LogP contribution in [0.2, 0.25) is 0 Å². The van der Waals surface area contributed by atoms with Gasteiger partial charge < -0.3 is 10.4 Å². The van der Waals surface area contributed by atoms with Gasteiger partial charge in [-0.15, -0.1) is 0 Å². The number of aryl methyl sites for hydroxylation is 2. The molecule has 0 saturated carbocycles. The number of carbonyl (C=O) groups excluding carboxylic acids is 1. The largest absolute Gasteiger partial charge is 0.481 e. The average molecular weight is 343 g/mol. The van der Waals surface area contributed by atoms with E-state index >= 15 is 0 Å². The molecule has 0 fully saturated rings. The molecule has 1 aromatic heterocycles. The summed E-state index contributed by atoms with van der Waals surface area (Å²) in [4.78, 5) is 23.4. The van der Waals surface area contributed by atoms with E-state index in [2.05, 4.69) is 10.4 Å². The number of nitrogens with one attached hydrogen (secondary N) is 1. The van der Waals surface area contributed by atoms with Crippen LogP contribution in [0.3, 0.4) is 0 Å². The molecule has 0 radical (unpaired) electrons. The SMILES string of the molecule is Cc1ccc(C)c(-n2ncc(C(=O)NC(C)(C)CCC(=O)O)c2C)c1. The first kappa shape index (κ1) is 18.7. The van der Waals surface area contributed by atoms with Crippen LogP contribution in [0.15, 0.2) is 24.4 Å². The second kappa shape index (κ2) is 7.09. The Balaban J connectivity index is 2.24. The van der Waals surface area contributed by atoms with Crippen LogP contribution in [-0.2, 0) is 4.79 Å². The van der Waals surface area contributed by atoms with Gasteiger partial charge in [0.2, 0.25) is 0 Å². The van der Waals surface area contributed by atoms with E-state index in [0.29, 0.717) is 12.0 Å². The van der Waals surface area contributed by atoms with Crippen molar-refractivity contribution in [1.29, 1.82) is 0 Å². The number of aromatic nitrogens is 2. The van der Waals surface area contributed by atoms with Crippen molar-refractivity contribution in [2.75, 3.05) is 0 Å². The molecule has 6 nitrogen and oxygen atoms in total. The lowest BCUT2D eigenvalue weighted by Crippen LogP contribution is -2.43. The van der Waals surface area contributed by atoms with Crippen LogP contribution in [0, 0.1) is 20.8 Å². The minimum absolute atomic E-state index is 0.00795. The van der Waals surface area contributed by atoms with Crippen LogP contribution in [-0.4, -0.2) is 32.3 Å². The molecule has 0 saturated heterocycles. The second-order valence-electron chi connectivity index (χ2n) is 7.08. The highest BCUT2D eigenvalue weighted by Gasteiger charge is 2.24. The molecule has 1 aromatic carbocycles. The molecule has 0 aliphatic carbocycles. The van der Waals surface area contributed by atoms with Gasteiger partial charge in [-0.1, -0.05) is 12.1 Å². The summed E-state index contributed by atoms with van der Waals surface area (Å²) in [5.74, 6) is -1.12. The molecule has 1 amide bonds. The van der Waals surface area contributed by atoms with Gasteiger partial charge in [0, 0.05) is 12.0 Å². The predicted octanol–water partition coefficient (Wildman–Crippen LogP) is 3.17. The molecule has 0 aliphatic heterocycles. The Morgan fingerprint density at radius 2 is 1.92 bits per heavy atom. The zero-order chi connectivity index (χ0) is 18.8. The van der Waals surface area contributed by atoms with E-state index < -0.39 is 11.5 Å². The molecule has 25 heavy (non-hydrogen) atoms. The van der Waals surface area contributed by atoms with Crippen molar-refractivity contribution < 1.29 is 14.7 Å². The highest BCUT2D eigenvalue weighted by molar-refractivity contribution is 5.95. The number of benzene rings is 1. The molecule has 2 rings (SSSR count). The summed E-state index contributed by atoms with van der Waals surface area (Å²) in [6, 6.07) is 6.10. The highest BCUT2D eigenvalue weighted by Crippen LogP contribution is 2.20. The fourth-order valence-electron chi connectivity index (χ4n) is 2.68. The molecule has 0 atom stereocenters. The Morgan fingerprint density at radius 1 is 1.24 bits per heavy atom. The first-order valence-electron chi connectivity index (χ1n) is 8.27. The Labute approximate surface area is 147 Å². The third-order valence-corrected chi connectivity index (χ3v) is 4.26. The van der Waals surface area contributed by atoms with E-state index in [-0.39, 0.29) is 12.3 Å². The van der Waals surface area contributed by atoms with Gasteiger partial charge in [-0.25, -0.2) is 4.68 Å². The Hall–Kier alpha value is -2.63. The molecule has 134 valence electrons. The molecule has 0 bridgehead atoms. The highest BCUT2D eigenvalue weighted by atomic mass is 16.4. The van der Waals surface area contributed by atoms with Crippen LogP contribution >= 0.6 is 0 Å². The smallest absolute Gasteiger partial charge is 0.303 e. The Kier molecular flexibility index (Phi) is 5.30. The number of carbonyl (C=O) groups is 2. The summed E-state index contributed by atoms with van der Waals surface area (Å²) in [6.07, 6.45) is 1.92. The summed E-state index contributed by atoms with van der Waals surface area (Å²) in [5, 5.41) is 16.1. The first-order valence-corrected chi connectivity index (χ1v) is 8.27. The molecule has 2 N–H and O–H groups in total. The molecule has 0 unspecified atom stereocenters. The van der Waals surface area contributed by atoms with Crippen molar-refractivity contribution in [2.24, 2.45) is 0 Å². The number of rotatable bonds is 6. The molecular weight excluding hydrogens is 318 g/mol. The summed E-state index contributed by atoms with van der Waals surface area (Å²) >= 11 is 0. The lowest BCUT2D eigenvalue weighted by Gasteiger charge is -2.25. The van der Waals surface area contributed by atoms with Crippen LogP contribution in [0.1, 0.15) is 53.9 Å². The van der Waals surface area contributed by atoms with Crippen LogP contribution in [0.4, 0.5) is 0 Å². The number of carboxylic acids is 1. The van der Waals surface area contributed by atoms with Crippen molar-refractivity contribution in [1.82, 2.24) is 15.1 Å². The summed E-state index contributed by atoms with van der Waals surface area (Å²) in [5.41, 5.74) is 3.77. The Morgan fingerprint density at radius 3 is 2.56 bits per heavy atom. The van der Waals surface area contributed by atoms with Crippen molar-refractivity contribution >= 4 is 11.9 Å². The van der Waals surface area contributed by atoms with E-state index in [9.17, 15) is 9.59 Å². The van der Waals surface area contributed by atoms with E-state index in [1.165, 1.54) is 0 Å². The topological polar surface area (TPSA) is 84.2 Å². The van der Waals surface area contributed by atoms with Gasteiger partial charge in [0.05, 0.1) is 23.1 Å². The number of aliphatic carboxylic acids is 1. The maximum absolute atomic E-state index is 12.6.